The minimum Gasteiger partial charge on any atom is -0.507 e. The van der Waals surface area contributed by atoms with Gasteiger partial charge in [-0.2, -0.15) is 0 Å². The molecule has 2 aromatic carbocycles. The second-order valence-corrected chi connectivity index (χ2v) is 7.78. The molecule has 1 heterocycles. The lowest BCUT2D eigenvalue weighted by Gasteiger charge is -2.25. The highest BCUT2D eigenvalue weighted by molar-refractivity contribution is 6.46. The summed E-state index contributed by atoms with van der Waals surface area (Å²) in [6.07, 6.45) is 1.73. The molecule has 1 saturated heterocycles. The van der Waals surface area contributed by atoms with Gasteiger partial charge in [-0.15, -0.1) is 0 Å². The van der Waals surface area contributed by atoms with Crippen molar-refractivity contribution in [3.05, 3.63) is 65.2 Å². The zero-order chi connectivity index (χ0) is 23.8. The number of nitrogens with zero attached hydrogens (tertiary/aromatic N) is 1. The molecule has 176 valence electrons. The Kier molecular flexibility index (Phi) is 8.49. The van der Waals surface area contributed by atoms with E-state index in [1.807, 2.05) is 26.0 Å². The van der Waals surface area contributed by atoms with Crippen LogP contribution in [-0.2, 0) is 14.3 Å². The molecule has 0 radical (unpaired) electrons. The number of aliphatic hydroxyl groups is 1. The minimum atomic E-state index is -0.736. The maximum absolute atomic E-state index is 13.0. The molecule has 3 rings (SSSR count). The summed E-state index contributed by atoms with van der Waals surface area (Å²) in [5.74, 6) is -0.326. The van der Waals surface area contributed by atoms with Crippen molar-refractivity contribution in [3.63, 3.8) is 0 Å². The second kappa shape index (κ2) is 11.5. The van der Waals surface area contributed by atoms with E-state index in [0.717, 1.165) is 12.8 Å². The van der Waals surface area contributed by atoms with Crippen molar-refractivity contribution in [3.8, 4) is 11.5 Å². The minimum absolute atomic E-state index is 0.0472. The van der Waals surface area contributed by atoms with Gasteiger partial charge in [-0.1, -0.05) is 38.1 Å². The van der Waals surface area contributed by atoms with Gasteiger partial charge in [0.1, 0.15) is 17.3 Å². The molecule has 1 fully saturated rings. The fourth-order valence-electron chi connectivity index (χ4n) is 3.72. The number of ketones is 1. The summed E-state index contributed by atoms with van der Waals surface area (Å²) in [5.41, 5.74) is 1.17. The molecular weight excluding hydrogens is 422 g/mol. The molecule has 0 aromatic heterocycles. The lowest BCUT2D eigenvalue weighted by atomic mass is 9.95. The van der Waals surface area contributed by atoms with Gasteiger partial charge in [0.05, 0.1) is 31.4 Å². The number of methoxy groups -OCH3 is 1. The van der Waals surface area contributed by atoms with Crippen LogP contribution >= 0.6 is 0 Å². The van der Waals surface area contributed by atoms with Gasteiger partial charge in [-0.3, -0.25) is 9.59 Å². The lowest BCUT2D eigenvalue weighted by Crippen LogP contribution is -2.32. The van der Waals surface area contributed by atoms with E-state index >= 15 is 0 Å². The molecule has 0 spiro atoms. The molecule has 1 unspecified atom stereocenters. The standard InChI is InChI=1S/C26H31NO6/c1-4-14-32-20-11-9-18(10-12-20)23-22(25(29)26(30)27(23)13-16-31-3)24(28)19-7-6-8-21(17-19)33-15-5-2/h6-12,17,23,28H,4-5,13-16H2,1-3H3. The number of carbonyl (C=O) groups is 2. The molecule has 7 heteroatoms. The number of hydrogen-bond donors (Lipinski definition) is 1. The van der Waals surface area contributed by atoms with Crippen molar-refractivity contribution >= 4 is 17.4 Å². The van der Waals surface area contributed by atoms with E-state index in [1.54, 1.807) is 36.4 Å². The van der Waals surface area contributed by atoms with Gasteiger partial charge in [0.15, 0.2) is 0 Å². The zero-order valence-electron chi connectivity index (χ0n) is 19.4. The van der Waals surface area contributed by atoms with E-state index in [-0.39, 0.29) is 24.5 Å². The van der Waals surface area contributed by atoms with Crippen LogP contribution in [0.2, 0.25) is 0 Å². The van der Waals surface area contributed by atoms with E-state index in [1.165, 1.54) is 12.0 Å². The van der Waals surface area contributed by atoms with Crippen LogP contribution in [0.4, 0.5) is 0 Å². The van der Waals surface area contributed by atoms with Crippen molar-refractivity contribution in [1.82, 2.24) is 4.90 Å². The number of aliphatic hydroxyl groups excluding tert-OH is 1. The van der Waals surface area contributed by atoms with E-state index in [9.17, 15) is 14.7 Å². The van der Waals surface area contributed by atoms with Gasteiger partial charge in [-0.25, -0.2) is 0 Å². The summed E-state index contributed by atoms with van der Waals surface area (Å²) in [6, 6.07) is 13.4. The zero-order valence-corrected chi connectivity index (χ0v) is 19.4. The molecule has 1 atom stereocenters. The number of benzene rings is 2. The van der Waals surface area contributed by atoms with Crippen LogP contribution in [0.25, 0.3) is 5.76 Å². The van der Waals surface area contributed by atoms with Crippen LogP contribution in [0.15, 0.2) is 54.1 Å². The summed E-state index contributed by atoms with van der Waals surface area (Å²) < 4.78 is 16.5. The SMILES string of the molecule is CCCOc1ccc(C2C(=C(O)c3cccc(OCCC)c3)C(=O)C(=O)N2CCOC)cc1. The molecule has 0 saturated carbocycles. The van der Waals surface area contributed by atoms with Gasteiger partial charge in [-0.05, 0) is 42.7 Å². The monoisotopic (exact) mass is 453 g/mol. The molecule has 1 aliphatic rings. The highest BCUT2D eigenvalue weighted by Gasteiger charge is 2.45. The van der Waals surface area contributed by atoms with Gasteiger partial charge in [0.25, 0.3) is 11.7 Å². The Hall–Kier alpha value is -3.32. The predicted molar refractivity (Wildman–Crippen MR) is 125 cm³/mol. The summed E-state index contributed by atoms with van der Waals surface area (Å²) in [6.45, 7) is 5.65. The molecular formula is C26H31NO6. The molecule has 33 heavy (non-hydrogen) atoms. The fourth-order valence-corrected chi connectivity index (χ4v) is 3.72. The first-order chi connectivity index (χ1) is 16.0. The molecule has 1 N–H and O–H groups in total. The predicted octanol–water partition coefficient (Wildman–Crippen LogP) is 4.33. The smallest absolute Gasteiger partial charge is 0.295 e. The number of ether oxygens (including phenoxy) is 3. The quantitative estimate of drug-likeness (QED) is 0.310. The third kappa shape index (κ3) is 5.54. The molecule has 0 bridgehead atoms. The van der Waals surface area contributed by atoms with Gasteiger partial charge >= 0.3 is 0 Å². The lowest BCUT2D eigenvalue weighted by molar-refractivity contribution is -0.140. The summed E-state index contributed by atoms with van der Waals surface area (Å²) in [4.78, 5) is 27.4. The van der Waals surface area contributed by atoms with Crippen LogP contribution in [0.1, 0.15) is 43.9 Å². The van der Waals surface area contributed by atoms with Crippen LogP contribution in [0.5, 0.6) is 11.5 Å². The number of rotatable bonds is 11. The molecule has 0 aliphatic carbocycles. The first kappa shape index (κ1) is 24.3. The normalized spacial score (nSPS) is 17.4. The van der Waals surface area contributed by atoms with Crippen molar-refractivity contribution in [1.29, 1.82) is 0 Å². The van der Waals surface area contributed by atoms with Crippen molar-refractivity contribution in [2.24, 2.45) is 0 Å². The number of hydrogen-bond acceptors (Lipinski definition) is 6. The second-order valence-electron chi connectivity index (χ2n) is 7.78. The average Bonchev–Trinajstić information content (AvgIpc) is 3.09. The molecule has 2 aromatic rings. The molecule has 7 nitrogen and oxygen atoms in total. The fraction of sp³-hybridized carbons (Fsp3) is 0.385. The van der Waals surface area contributed by atoms with E-state index in [2.05, 4.69) is 0 Å². The maximum Gasteiger partial charge on any atom is 0.295 e. The Morgan fingerprint density at radius 2 is 1.61 bits per heavy atom. The van der Waals surface area contributed by atoms with E-state index in [0.29, 0.717) is 35.8 Å². The van der Waals surface area contributed by atoms with Crippen molar-refractivity contribution in [2.75, 3.05) is 33.5 Å². The highest BCUT2D eigenvalue weighted by atomic mass is 16.5. The first-order valence-electron chi connectivity index (χ1n) is 11.2. The first-order valence-corrected chi connectivity index (χ1v) is 11.2. The number of amides is 1. The Labute approximate surface area is 194 Å². The van der Waals surface area contributed by atoms with Crippen LogP contribution < -0.4 is 9.47 Å². The highest BCUT2D eigenvalue weighted by Crippen LogP contribution is 2.40. The molecule has 1 aliphatic heterocycles. The van der Waals surface area contributed by atoms with Crippen LogP contribution in [0.3, 0.4) is 0 Å². The summed E-state index contributed by atoms with van der Waals surface area (Å²) in [5, 5.41) is 11.2. The Balaban J connectivity index is 2.05. The Morgan fingerprint density at radius 3 is 2.24 bits per heavy atom. The summed E-state index contributed by atoms with van der Waals surface area (Å²) in [7, 11) is 1.53. The van der Waals surface area contributed by atoms with Gasteiger partial charge in [0, 0.05) is 19.2 Å². The number of likely N-dealkylation sites (tertiary alicyclic amines) is 1. The third-order valence-corrected chi connectivity index (χ3v) is 5.33. The van der Waals surface area contributed by atoms with Gasteiger partial charge in [0.2, 0.25) is 0 Å². The summed E-state index contributed by atoms with van der Waals surface area (Å²) >= 11 is 0. The van der Waals surface area contributed by atoms with Crippen LogP contribution in [-0.4, -0.2) is 55.2 Å². The van der Waals surface area contributed by atoms with Crippen molar-refractivity contribution in [2.45, 2.75) is 32.7 Å². The van der Waals surface area contributed by atoms with E-state index in [4.69, 9.17) is 14.2 Å². The van der Waals surface area contributed by atoms with E-state index < -0.39 is 17.7 Å². The Morgan fingerprint density at radius 1 is 0.939 bits per heavy atom. The topological polar surface area (TPSA) is 85.3 Å². The average molecular weight is 454 g/mol. The largest absolute Gasteiger partial charge is 0.507 e. The molecule has 1 amide bonds. The Bertz CT molecular complexity index is 998. The maximum atomic E-state index is 13.0. The third-order valence-electron chi connectivity index (χ3n) is 5.33. The van der Waals surface area contributed by atoms with Gasteiger partial charge < -0.3 is 24.2 Å². The number of carbonyl (C=O) groups excluding carboxylic acids is 2. The van der Waals surface area contributed by atoms with Crippen LogP contribution in [0, 0.1) is 0 Å². The van der Waals surface area contributed by atoms with Crippen molar-refractivity contribution < 1.29 is 28.9 Å². The number of Topliss-reactive ketones (excluding diaryl/α,β-unsaturated/α-hetero) is 1.